The zero-order chi connectivity index (χ0) is 11.5. The van der Waals surface area contributed by atoms with Gasteiger partial charge < -0.3 is 9.67 Å². The molecular formula is C10H8ClN3O2. The number of hydrogen-bond donors (Lipinski definition) is 1. The quantitative estimate of drug-likeness (QED) is 0.882. The minimum absolute atomic E-state index is 0.0741. The second kappa shape index (κ2) is 4.32. The number of carbonyl (C=O) groups is 1. The summed E-state index contributed by atoms with van der Waals surface area (Å²) in [5, 5.41) is 16.6. The van der Waals surface area contributed by atoms with Gasteiger partial charge in [-0.05, 0) is 17.7 Å². The normalized spacial score (nSPS) is 10.3. The minimum Gasteiger partial charge on any atom is -0.475 e. The average molecular weight is 238 g/mol. The topological polar surface area (TPSA) is 68.0 Å². The Morgan fingerprint density at radius 2 is 2.06 bits per heavy atom. The third-order valence-corrected chi connectivity index (χ3v) is 2.32. The zero-order valence-corrected chi connectivity index (χ0v) is 8.92. The van der Waals surface area contributed by atoms with E-state index in [1.165, 1.54) is 10.9 Å². The monoisotopic (exact) mass is 237 g/mol. The maximum Gasteiger partial charge on any atom is 0.374 e. The van der Waals surface area contributed by atoms with Crippen LogP contribution >= 0.6 is 11.6 Å². The highest BCUT2D eigenvalue weighted by molar-refractivity contribution is 6.30. The van der Waals surface area contributed by atoms with E-state index in [9.17, 15) is 4.79 Å². The summed E-state index contributed by atoms with van der Waals surface area (Å²) in [6.45, 7) is 0.409. The van der Waals surface area contributed by atoms with Crippen LogP contribution in [-0.2, 0) is 6.54 Å². The summed E-state index contributed by atoms with van der Waals surface area (Å²) in [5.74, 6) is -1.17. The molecule has 6 heteroatoms. The lowest BCUT2D eigenvalue weighted by atomic mass is 10.2. The maximum absolute atomic E-state index is 10.8. The highest BCUT2D eigenvalue weighted by Crippen LogP contribution is 2.11. The molecule has 2 rings (SSSR count). The van der Waals surface area contributed by atoms with Gasteiger partial charge in [-0.2, -0.15) is 0 Å². The zero-order valence-electron chi connectivity index (χ0n) is 8.17. The molecule has 0 saturated heterocycles. The van der Waals surface area contributed by atoms with Crippen molar-refractivity contribution in [2.45, 2.75) is 6.54 Å². The molecule has 16 heavy (non-hydrogen) atoms. The Kier molecular flexibility index (Phi) is 2.87. The van der Waals surface area contributed by atoms with Gasteiger partial charge in [-0.25, -0.2) is 4.79 Å². The van der Waals surface area contributed by atoms with Gasteiger partial charge in [0.25, 0.3) is 0 Å². The summed E-state index contributed by atoms with van der Waals surface area (Å²) in [6, 6.07) is 7.16. The van der Waals surface area contributed by atoms with Crippen molar-refractivity contribution in [2.24, 2.45) is 0 Å². The Bertz CT molecular complexity index is 507. The van der Waals surface area contributed by atoms with Gasteiger partial charge in [-0.1, -0.05) is 23.7 Å². The number of carboxylic acids is 1. The second-order valence-corrected chi connectivity index (χ2v) is 3.65. The first-order chi connectivity index (χ1) is 7.66. The Hall–Kier alpha value is -1.88. The van der Waals surface area contributed by atoms with Gasteiger partial charge in [-0.15, -0.1) is 10.2 Å². The number of carboxylic acid groups (broad SMARTS) is 1. The van der Waals surface area contributed by atoms with Crippen molar-refractivity contribution in [3.63, 3.8) is 0 Å². The van der Waals surface area contributed by atoms with Crippen LogP contribution in [0.25, 0.3) is 0 Å². The summed E-state index contributed by atoms with van der Waals surface area (Å²) >= 11 is 5.75. The Morgan fingerprint density at radius 1 is 1.38 bits per heavy atom. The number of halogens is 1. The lowest BCUT2D eigenvalue weighted by molar-refractivity contribution is 0.0678. The van der Waals surface area contributed by atoms with Crippen LogP contribution in [0.1, 0.15) is 16.2 Å². The van der Waals surface area contributed by atoms with Gasteiger partial charge in [0.2, 0.25) is 5.82 Å². The number of hydrogen-bond acceptors (Lipinski definition) is 3. The van der Waals surface area contributed by atoms with E-state index in [1.54, 1.807) is 12.1 Å². The predicted octanol–water partition coefficient (Wildman–Crippen LogP) is 1.68. The van der Waals surface area contributed by atoms with E-state index in [-0.39, 0.29) is 5.82 Å². The summed E-state index contributed by atoms with van der Waals surface area (Å²) < 4.78 is 1.46. The fourth-order valence-electron chi connectivity index (χ4n) is 1.32. The first kappa shape index (κ1) is 10.6. The molecule has 0 fully saturated rings. The maximum atomic E-state index is 10.8. The summed E-state index contributed by atoms with van der Waals surface area (Å²) in [5.41, 5.74) is 0.937. The van der Waals surface area contributed by atoms with E-state index in [0.29, 0.717) is 11.6 Å². The molecule has 5 nitrogen and oxygen atoms in total. The lowest BCUT2D eigenvalue weighted by Gasteiger charge is -2.03. The van der Waals surface area contributed by atoms with Gasteiger partial charge in [0.15, 0.2) is 0 Å². The fraction of sp³-hybridized carbons (Fsp3) is 0.100. The Labute approximate surface area is 96.3 Å². The highest BCUT2D eigenvalue weighted by atomic mass is 35.5. The van der Waals surface area contributed by atoms with Gasteiger partial charge in [0, 0.05) is 5.02 Å². The summed E-state index contributed by atoms with van der Waals surface area (Å²) in [7, 11) is 0. The van der Waals surface area contributed by atoms with Crippen molar-refractivity contribution in [1.82, 2.24) is 14.8 Å². The molecule has 0 aliphatic carbocycles. The van der Waals surface area contributed by atoms with E-state index < -0.39 is 5.97 Å². The minimum atomic E-state index is -1.09. The second-order valence-electron chi connectivity index (χ2n) is 3.21. The number of benzene rings is 1. The largest absolute Gasteiger partial charge is 0.475 e. The van der Waals surface area contributed by atoms with Crippen molar-refractivity contribution < 1.29 is 9.90 Å². The van der Waals surface area contributed by atoms with Crippen LogP contribution in [0.4, 0.5) is 0 Å². The van der Waals surface area contributed by atoms with Crippen LogP contribution in [0.3, 0.4) is 0 Å². The average Bonchev–Trinajstić information content (AvgIpc) is 2.69. The molecule has 0 atom stereocenters. The lowest BCUT2D eigenvalue weighted by Crippen LogP contribution is -2.09. The Balaban J connectivity index is 2.23. The summed E-state index contributed by atoms with van der Waals surface area (Å²) in [6.07, 6.45) is 1.39. The van der Waals surface area contributed by atoms with Crippen LogP contribution in [-0.4, -0.2) is 25.8 Å². The van der Waals surface area contributed by atoms with Crippen LogP contribution < -0.4 is 0 Å². The molecule has 0 unspecified atom stereocenters. The molecule has 0 aliphatic rings. The van der Waals surface area contributed by atoms with Crippen molar-refractivity contribution in [2.75, 3.05) is 0 Å². The number of aromatic nitrogens is 3. The van der Waals surface area contributed by atoms with E-state index in [2.05, 4.69) is 10.2 Å². The fourth-order valence-corrected chi connectivity index (χ4v) is 1.45. The van der Waals surface area contributed by atoms with Crippen LogP contribution in [0.5, 0.6) is 0 Å². The molecule has 82 valence electrons. The number of nitrogens with zero attached hydrogens (tertiary/aromatic N) is 3. The van der Waals surface area contributed by atoms with Crippen molar-refractivity contribution in [1.29, 1.82) is 0 Å². The smallest absolute Gasteiger partial charge is 0.374 e. The number of aromatic carboxylic acids is 1. The molecule has 1 heterocycles. The Morgan fingerprint density at radius 3 is 2.69 bits per heavy atom. The molecule has 0 radical (unpaired) electrons. The van der Waals surface area contributed by atoms with E-state index >= 15 is 0 Å². The summed E-state index contributed by atoms with van der Waals surface area (Å²) in [4.78, 5) is 10.8. The first-order valence-corrected chi connectivity index (χ1v) is 4.90. The van der Waals surface area contributed by atoms with Gasteiger partial charge >= 0.3 is 5.97 Å². The molecule has 1 aromatic carbocycles. The van der Waals surface area contributed by atoms with E-state index in [0.717, 1.165) is 5.56 Å². The highest BCUT2D eigenvalue weighted by Gasteiger charge is 2.11. The third-order valence-electron chi connectivity index (χ3n) is 2.07. The third kappa shape index (κ3) is 2.20. The van der Waals surface area contributed by atoms with Gasteiger partial charge in [-0.3, -0.25) is 0 Å². The first-order valence-electron chi connectivity index (χ1n) is 4.52. The molecule has 1 N–H and O–H groups in total. The SMILES string of the molecule is O=C(O)c1nncn1Cc1ccc(Cl)cc1. The molecule has 0 bridgehead atoms. The van der Waals surface area contributed by atoms with E-state index in [4.69, 9.17) is 16.7 Å². The van der Waals surface area contributed by atoms with Crippen LogP contribution in [0, 0.1) is 0 Å². The van der Waals surface area contributed by atoms with Gasteiger partial charge in [0.1, 0.15) is 6.33 Å². The van der Waals surface area contributed by atoms with Gasteiger partial charge in [0.05, 0.1) is 6.54 Å². The van der Waals surface area contributed by atoms with Crippen LogP contribution in [0.15, 0.2) is 30.6 Å². The molecule has 2 aromatic rings. The molecular weight excluding hydrogens is 230 g/mol. The predicted molar refractivity (Wildman–Crippen MR) is 57.5 cm³/mol. The molecule has 0 spiro atoms. The number of rotatable bonds is 3. The molecule has 1 aromatic heterocycles. The molecule has 0 amide bonds. The van der Waals surface area contributed by atoms with Crippen molar-refractivity contribution in [3.8, 4) is 0 Å². The molecule has 0 aliphatic heterocycles. The van der Waals surface area contributed by atoms with E-state index in [1.807, 2.05) is 12.1 Å². The van der Waals surface area contributed by atoms with Crippen molar-refractivity contribution >= 4 is 17.6 Å². The van der Waals surface area contributed by atoms with Crippen molar-refractivity contribution in [3.05, 3.63) is 47.0 Å². The molecule has 0 saturated carbocycles. The standard InChI is InChI=1S/C10H8ClN3O2/c11-8-3-1-7(2-4-8)5-14-6-12-13-9(14)10(15)16/h1-4,6H,5H2,(H,15,16). The van der Waals surface area contributed by atoms with Crippen LogP contribution in [0.2, 0.25) is 5.02 Å².